The maximum Gasteiger partial charge on any atom is 0.264 e. The summed E-state index contributed by atoms with van der Waals surface area (Å²) >= 11 is 0. The van der Waals surface area contributed by atoms with E-state index in [2.05, 4.69) is 15.2 Å². The largest absolute Gasteiger partial charge is 0.480 e. The summed E-state index contributed by atoms with van der Waals surface area (Å²) in [5, 5.41) is 7.74. The Hall–Kier alpha value is -1.85. The summed E-state index contributed by atoms with van der Waals surface area (Å²) < 4.78 is 12.0. The predicted molar refractivity (Wildman–Crippen MR) is 51.2 cm³/mol. The zero-order valence-corrected chi connectivity index (χ0v) is 8.67. The van der Waals surface area contributed by atoms with E-state index in [0.29, 0.717) is 17.5 Å². The lowest BCUT2D eigenvalue weighted by Crippen LogP contribution is -1.95. The highest BCUT2D eigenvalue weighted by atomic mass is 16.5. The van der Waals surface area contributed by atoms with E-state index in [1.165, 1.54) is 0 Å². The molecule has 2 heterocycles. The molecule has 0 aromatic carbocycles. The van der Waals surface area contributed by atoms with Crippen LogP contribution in [-0.2, 0) is 20.1 Å². The quantitative estimate of drug-likeness (QED) is 0.748. The summed E-state index contributed by atoms with van der Waals surface area (Å²) in [5.74, 6) is 1.87. The third-order valence-electron chi connectivity index (χ3n) is 1.87. The van der Waals surface area contributed by atoms with Crippen molar-refractivity contribution in [2.45, 2.75) is 20.0 Å². The summed E-state index contributed by atoms with van der Waals surface area (Å²) in [6.45, 7) is 2.25. The van der Waals surface area contributed by atoms with Crippen LogP contribution in [0.5, 0.6) is 5.75 Å². The van der Waals surface area contributed by atoms with E-state index in [4.69, 9.17) is 9.26 Å². The number of rotatable bonds is 4. The van der Waals surface area contributed by atoms with Crippen molar-refractivity contribution in [3.63, 3.8) is 0 Å². The van der Waals surface area contributed by atoms with Gasteiger partial charge in [-0.25, -0.2) is 0 Å². The molecule has 0 N–H and O–H groups in total. The van der Waals surface area contributed by atoms with Crippen molar-refractivity contribution in [2.75, 3.05) is 0 Å². The maximum atomic E-state index is 5.39. The fourth-order valence-corrected chi connectivity index (χ4v) is 1.11. The normalized spacial score (nSPS) is 10.5. The SMILES string of the molecule is CCc1noc(COc2cnn(C)c2)n1. The molecule has 0 fully saturated rings. The van der Waals surface area contributed by atoms with Crippen molar-refractivity contribution < 1.29 is 9.26 Å². The molecule has 80 valence electrons. The maximum absolute atomic E-state index is 5.39. The van der Waals surface area contributed by atoms with Gasteiger partial charge in [0, 0.05) is 13.5 Å². The molecule has 0 unspecified atom stereocenters. The first-order valence-electron chi connectivity index (χ1n) is 4.71. The Balaban J connectivity index is 1.93. The van der Waals surface area contributed by atoms with Crippen LogP contribution in [0.25, 0.3) is 0 Å². The zero-order chi connectivity index (χ0) is 10.7. The van der Waals surface area contributed by atoms with Crippen LogP contribution in [0, 0.1) is 0 Å². The Labute approximate surface area is 86.9 Å². The van der Waals surface area contributed by atoms with Gasteiger partial charge in [-0.1, -0.05) is 12.1 Å². The second kappa shape index (κ2) is 4.12. The molecule has 0 aliphatic heterocycles. The molecule has 0 atom stereocenters. The van der Waals surface area contributed by atoms with E-state index in [1.807, 2.05) is 14.0 Å². The fourth-order valence-electron chi connectivity index (χ4n) is 1.11. The van der Waals surface area contributed by atoms with Crippen LogP contribution < -0.4 is 4.74 Å². The summed E-state index contributed by atoms with van der Waals surface area (Å²) in [6, 6.07) is 0. The van der Waals surface area contributed by atoms with Gasteiger partial charge in [-0.3, -0.25) is 4.68 Å². The summed E-state index contributed by atoms with van der Waals surface area (Å²) in [6.07, 6.45) is 4.17. The Morgan fingerprint density at radius 3 is 3.00 bits per heavy atom. The van der Waals surface area contributed by atoms with Crippen molar-refractivity contribution in [1.82, 2.24) is 19.9 Å². The summed E-state index contributed by atoms with van der Waals surface area (Å²) in [7, 11) is 1.83. The molecular formula is C9H12N4O2. The third kappa shape index (κ3) is 2.34. The van der Waals surface area contributed by atoms with Gasteiger partial charge in [0.15, 0.2) is 18.2 Å². The number of hydrogen-bond acceptors (Lipinski definition) is 5. The number of nitrogens with zero attached hydrogens (tertiary/aromatic N) is 4. The fraction of sp³-hybridized carbons (Fsp3) is 0.444. The van der Waals surface area contributed by atoms with Crippen molar-refractivity contribution in [1.29, 1.82) is 0 Å². The first kappa shape index (κ1) is 9.70. The number of ether oxygens (including phenoxy) is 1. The first-order chi connectivity index (χ1) is 7.28. The van der Waals surface area contributed by atoms with Crippen LogP contribution in [0.4, 0.5) is 0 Å². The second-order valence-corrected chi connectivity index (χ2v) is 3.10. The second-order valence-electron chi connectivity index (χ2n) is 3.10. The molecule has 0 saturated carbocycles. The van der Waals surface area contributed by atoms with E-state index in [-0.39, 0.29) is 6.61 Å². The lowest BCUT2D eigenvalue weighted by Gasteiger charge is -1.96. The molecule has 6 nitrogen and oxygen atoms in total. The minimum atomic E-state index is 0.276. The van der Waals surface area contributed by atoms with E-state index < -0.39 is 0 Å². The lowest BCUT2D eigenvalue weighted by molar-refractivity contribution is 0.242. The molecule has 0 aliphatic rings. The molecular weight excluding hydrogens is 196 g/mol. The highest BCUT2D eigenvalue weighted by Crippen LogP contribution is 2.09. The van der Waals surface area contributed by atoms with Crippen LogP contribution in [0.15, 0.2) is 16.9 Å². The smallest absolute Gasteiger partial charge is 0.264 e. The summed E-state index contributed by atoms with van der Waals surface area (Å²) in [5.41, 5.74) is 0. The van der Waals surface area contributed by atoms with Gasteiger partial charge < -0.3 is 9.26 Å². The average molecular weight is 208 g/mol. The molecule has 0 saturated heterocycles. The number of hydrogen-bond donors (Lipinski definition) is 0. The monoisotopic (exact) mass is 208 g/mol. The molecule has 2 rings (SSSR count). The molecule has 0 aliphatic carbocycles. The van der Waals surface area contributed by atoms with Crippen LogP contribution in [-0.4, -0.2) is 19.9 Å². The molecule has 2 aromatic heterocycles. The Kier molecular flexibility index (Phi) is 2.66. The van der Waals surface area contributed by atoms with Gasteiger partial charge in [0.1, 0.15) is 0 Å². The highest BCUT2D eigenvalue weighted by molar-refractivity contribution is 5.11. The van der Waals surface area contributed by atoms with Crippen molar-refractivity contribution >= 4 is 0 Å². The van der Waals surface area contributed by atoms with Gasteiger partial charge in [0.25, 0.3) is 5.89 Å². The third-order valence-corrected chi connectivity index (χ3v) is 1.87. The van der Waals surface area contributed by atoms with Crippen molar-refractivity contribution in [3.05, 3.63) is 24.1 Å². The van der Waals surface area contributed by atoms with Gasteiger partial charge in [0.05, 0.1) is 12.4 Å². The Bertz CT molecular complexity index is 435. The van der Waals surface area contributed by atoms with E-state index in [0.717, 1.165) is 6.42 Å². The molecule has 0 bridgehead atoms. The topological polar surface area (TPSA) is 66.0 Å². The van der Waals surface area contributed by atoms with Crippen molar-refractivity contribution in [2.24, 2.45) is 7.05 Å². The van der Waals surface area contributed by atoms with E-state index in [1.54, 1.807) is 17.1 Å². The molecule has 0 radical (unpaired) electrons. The van der Waals surface area contributed by atoms with Crippen LogP contribution in [0.1, 0.15) is 18.6 Å². The van der Waals surface area contributed by atoms with Gasteiger partial charge >= 0.3 is 0 Å². The van der Waals surface area contributed by atoms with Gasteiger partial charge in [0.2, 0.25) is 0 Å². The predicted octanol–water partition coefficient (Wildman–Crippen LogP) is 0.944. The molecule has 0 spiro atoms. The first-order valence-corrected chi connectivity index (χ1v) is 4.71. The molecule has 0 amide bonds. The van der Waals surface area contributed by atoms with Gasteiger partial charge in [-0.15, -0.1) is 0 Å². The molecule has 2 aromatic rings. The standard InChI is InChI=1S/C9H12N4O2/c1-3-8-11-9(15-12-8)6-14-7-4-10-13(2)5-7/h4-5H,3,6H2,1-2H3. The highest BCUT2D eigenvalue weighted by Gasteiger charge is 2.05. The zero-order valence-electron chi connectivity index (χ0n) is 8.67. The van der Waals surface area contributed by atoms with E-state index in [9.17, 15) is 0 Å². The Morgan fingerprint density at radius 1 is 1.53 bits per heavy atom. The van der Waals surface area contributed by atoms with Crippen LogP contribution in [0.2, 0.25) is 0 Å². The minimum Gasteiger partial charge on any atom is -0.480 e. The van der Waals surface area contributed by atoms with Crippen molar-refractivity contribution in [3.8, 4) is 5.75 Å². The molecule has 15 heavy (non-hydrogen) atoms. The minimum absolute atomic E-state index is 0.276. The molecule has 6 heteroatoms. The van der Waals surface area contributed by atoms with Crippen LogP contribution in [0.3, 0.4) is 0 Å². The number of aromatic nitrogens is 4. The average Bonchev–Trinajstić information content (AvgIpc) is 2.83. The number of aryl methyl sites for hydroxylation is 2. The van der Waals surface area contributed by atoms with Gasteiger partial charge in [-0.05, 0) is 0 Å². The lowest BCUT2D eigenvalue weighted by atomic mass is 10.5. The van der Waals surface area contributed by atoms with Crippen LogP contribution >= 0.6 is 0 Å². The van der Waals surface area contributed by atoms with E-state index >= 15 is 0 Å². The Morgan fingerprint density at radius 2 is 2.40 bits per heavy atom. The summed E-state index contributed by atoms with van der Waals surface area (Å²) in [4.78, 5) is 4.12. The van der Waals surface area contributed by atoms with Gasteiger partial charge in [-0.2, -0.15) is 10.1 Å².